The standard InChI is InChI=1S/C16H18F2N4/c1-4-6-12(9-11(5-2)16(3,17)18)22-15-13-7-8-19-14(13)20-10-21-15/h4,6-10H,1,5H2,2-3H3,(H2,19,20,21,22)/b11-9+,12-6+. The van der Waals surface area contributed by atoms with Crippen LogP contribution in [0.2, 0.25) is 0 Å². The Morgan fingerprint density at radius 1 is 1.45 bits per heavy atom. The zero-order valence-electron chi connectivity index (χ0n) is 12.5. The summed E-state index contributed by atoms with van der Waals surface area (Å²) in [6.45, 7) is 6.21. The van der Waals surface area contributed by atoms with E-state index in [1.54, 1.807) is 19.2 Å². The number of H-pyrrole nitrogens is 1. The maximum Gasteiger partial charge on any atom is 0.266 e. The van der Waals surface area contributed by atoms with Crippen LogP contribution in [0.25, 0.3) is 11.0 Å². The summed E-state index contributed by atoms with van der Waals surface area (Å²) in [5.74, 6) is -2.32. The van der Waals surface area contributed by atoms with Crippen LogP contribution in [0.1, 0.15) is 20.3 Å². The average molecular weight is 304 g/mol. The van der Waals surface area contributed by atoms with Crippen LogP contribution in [0, 0.1) is 0 Å². The van der Waals surface area contributed by atoms with Crippen LogP contribution in [0.3, 0.4) is 0 Å². The molecular formula is C16H18F2N4. The molecule has 2 N–H and O–H groups in total. The SMILES string of the molecule is C=C/C=C(\C=C(/CC)C(C)(F)F)Nc1ncnc2[nH]ccc12. The van der Waals surface area contributed by atoms with Crippen LogP contribution < -0.4 is 5.32 Å². The molecule has 2 aromatic rings. The number of allylic oxidation sites excluding steroid dienone is 4. The third kappa shape index (κ3) is 3.58. The molecule has 0 aromatic carbocycles. The molecule has 2 rings (SSSR count). The number of hydrogen-bond acceptors (Lipinski definition) is 3. The first-order valence-electron chi connectivity index (χ1n) is 6.92. The molecule has 0 fully saturated rings. The molecule has 0 spiro atoms. The zero-order valence-corrected chi connectivity index (χ0v) is 12.5. The largest absolute Gasteiger partial charge is 0.346 e. The number of halogens is 2. The predicted molar refractivity (Wildman–Crippen MR) is 84.8 cm³/mol. The van der Waals surface area contributed by atoms with Crippen LogP contribution in [0.15, 0.2) is 54.7 Å². The van der Waals surface area contributed by atoms with E-state index in [1.165, 1.54) is 18.5 Å². The fourth-order valence-electron chi connectivity index (χ4n) is 2.09. The number of aromatic nitrogens is 3. The lowest BCUT2D eigenvalue weighted by molar-refractivity contribution is 0.0603. The topological polar surface area (TPSA) is 53.6 Å². The van der Waals surface area contributed by atoms with E-state index >= 15 is 0 Å². The number of hydrogen-bond donors (Lipinski definition) is 2. The van der Waals surface area contributed by atoms with Crippen LogP contribution in [-0.4, -0.2) is 20.9 Å². The molecule has 2 heterocycles. The Labute approximate surface area is 127 Å². The van der Waals surface area contributed by atoms with Crippen molar-refractivity contribution >= 4 is 16.9 Å². The van der Waals surface area contributed by atoms with E-state index in [2.05, 4.69) is 26.8 Å². The van der Waals surface area contributed by atoms with Crippen molar-refractivity contribution in [2.24, 2.45) is 0 Å². The summed E-state index contributed by atoms with van der Waals surface area (Å²) in [6.07, 6.45) is 8.00. The van der Waals surface area contributed by atoms with Gasteiger partial charge in [-0.2, -0.15) is 0 Å². The lowest BCUT2D eigenvalue weighted by atomic mass is 10.1. The molecule has 0 amide bonds. The van der Waals surface area contributed by atoms with Crippen molar-refractivity contribution in [1.29, 1.82) is 0 Å². The normalized spacial score (nSPS) is 13.5. The molecule has 0 aliphatic rings. The third-order valence-corrected chi connectivity index (χ3v) is 3.19. The summed E-state index contributed by atoms with van der Waals surface area (Å²) in [5, 5.41) is 3.84. The fraction of sp³-hybridized carbons (Fsp3) is 0.250. The number of aromatic amines is 1. The Balaban J connectivity index is 2.38. The van der Waals surface area contributed by atoms with Gasteiger partial charge in [0.1, 0.15) is 17.8 Å². The van der Waals surface area contributed by atoms with Crippen LogP contribution in [0.5, 0.6) is 0 Å². The van der Waals surface area contributed by atoms with Gasteiger partial charge in [-0.05, 0) is 30.2 Å². The monoisotopic (exact) mass is 304 g/mol. The molecule has 0 saturated heterocycles. The van der Waals surface area contributed by atoms with E-state index in [0.717, 1.165) is 12.3 Å². The van der Waals surface area contributed by atoms with Gasteiger partial charge >= 0.3 is 0 Å². The number of alkyl halides is 2. The molecule has 2 aromatic heterocycles. The highest BCUT2D eigenvalue weighted by atomic mass is 19.3. The van der Waals surface area contributed by atoms with Crippen LogP contribution >= 0.6 is 0 Å². The van der Waals surface area contributed by atoms with E-state index in [1.807, 2.05) is 6.07 Å². The fourth-order valence-corrected chi connectivity index (χ4v) is 2.09. The van der Waals surface area contributed by atoms with E-state index in [9.17, 15) is 8.78 Å². The molecule has 0 saturated carbocycles. The molecule has 6 heteroatoms. The quantitative estimate of drug-likeness (QED) is 0.776. The smallest absolute Gasteiger partial charge is 0.266 e. The van der Waals surface area contributed by atoms with Crippen molar-refractivity contribution < 1.29 is 8.78 Å². The number of nitrogens with one attached hydrogen (secondary N) is 2. The summed E-state index contributed by atoms with van der Waals surface area (Å²) in [7, 11) is 0. The van der Waals surface area contributed by atoms with Crippen LogP contribution in [0.4, 0.5) is 14.6 Å². The zero-order chi connectivity index (χ0) is 16.2. The Bertz CT molecular complexity index is 723. The second kappa shape index (κ2) is 6.51. The third-order valence-electron chi connectivity index (χ3n) is 3.19. The minimum Gasteiger partial charge on any atom is -0.346 e. The minimum atomic E-state index is -2.87. The summed E-state index contributed by atoms with van der Waals surface area (Å²) in [5.41, 5.74) is 1.21. The summed E-state index contributed by atoms with van der Waals surface area (Å²) in [6, 6.07) is 1.82. The summed E-state index contributed by atoms with van der Waals surface area (Å²) < 4.78 is 27.1. The lowest BCUT2D eigenvalue weighted by Gasteiger charge is -2.15. The molecule has 0 bridgehead atoms. The van der Waals surface area contributed by atoms with Crippen LogP contribution in [-0.2, 0) is 0 Å². The molecule has 22 heavy (non-hydrogen) atoms. The average Bonchev–Trinajstić information content (AvgIpc) is 2.93. The van der Waals surface area contributed by atoms with E-state index in [-0.39, 0.29) is 12.0 Å². The Kier molecular flexibility index (Phi) is 4.70. The lowest BCUT2D eigenvalue weighted by Crippen LogP contribution is -2.14. The number of nitrogens with zero attached hydrogens (tertiary/aromatic N) is 2. The summed E-state index contributed by atoms with van der Waals surface area (Å²) >= 11 is 0. The summed E-state index contributed by atoms with van der Waals surface area (Å²) in [4.78, 5) is 11.2. The van der Waals surface area contributed by atoms with Gasteiger partial charge in [0.25, 0.3) is 5.92 Å². The first kappa shape index (κ1) is 15.9. The number of anilines is 1. The minimum absolute atomic E-state index is 0.0347. The van der Waals surface area contributed by atoms with E-state index in [4.69, 9.17) is 0 Å². The Morgan fingerprint density at radius 2 is 2.23 bits per heavy atom. The van der Waals surface area contributed by atoms with E-state index in [0.29, 0.717) is 17.2 Å². The highest BCUT2D eigenvalue weighted by Gasteiger charge is 2.26. The molecule has 4 nitrogen and oxygen atoms in total. The van der Waals surface area contributed by atoms with Gasteiger partial charge in [0.05, 0.1) is 5.39 Å². The molecule has 0 radical (unpaired) electrons. The first-order valence-corrected chi connectivity index (χ1v) is 6.92. The maximum absolute atomic E-state index is 13.6. The van der Waals surface area contributed by atoms with Gasteiger partial charge in [-0.1, -0.05) is 19.6 Å². The van der Waals surface area contributed by atoms with Gasteiger partial charge in [-0.15, -0.1) is 0 Å². The van der Waals surface area contributed by atoms with Crippen molar-refractivity contribution in [3.8, 4) is 0 Å². The highest BCUT2D eigenvalue weighted by molar-refractivity contribution is 5.87. The second-order valence-electron chi connectivity index (χ2n) is 4.86. The van der Waals surface area contributed by atoms with Crippen molar-refractivity contribution in [3.63, 3.8) is 0 Å². The van der Waals surface area contributed by atoms with Crippen molar-refractivity contribution in [2.75, 3.05) is 5.32 Å². The van der Waals surface area contributed by atoms with Gasteiger partial charge in [0, 0.05) is 18.8 Å². The molecule has 116 valence electrons. The van der Waals surface area contributed by atoms with Crippen molar-refractivity contribution in [1.82, 2.24) is 15.0 Å². The van der Waals surface area contributed by atoms with E-state index < -0.39 is 5.92 Å². The molecule has 0 atom stereocenters. The first-order chi connectivity index (χ1) is 10.5. The number of fused-ring (bicyclic) bond motifs is 1. The van der Waals surface area contributed by atoms with Crippen molar-refractivity contribution in [3.05, 3.63) is 54.7 Å². The Hall–Kier alpha value is -2.50. The van der Waals surface area contributed by atoms with Gasteiger partial charge in [-0.3, -0.25) is 0 Å². The van der Waals surface area contributed by atoms with Gasteiger partial charge in [0.2, 0.25) is 0 Å². The molecule has 0 aliphatic heterocycles. The van der Waals surface area contributed by atoms with Gasteiger partial charge < -0.3 is 10.3 Å². The number of rotatable bonds is 6. The predicted octanol–water partition coefficient (Wildman–Crippen LogP) is 4.43. The molecular weight excluding hydrogens is 286 g/mol. The maximum atomic E-state index is 13.6. The van der Waals surface area contributed by atoms with Crippen molar-refractivity contribution in [2.45, 2.75) is 26.2 Å². The Morgan fingerprint density at radius 3 is 2.86 bits per heavy atom. The molecule has 0 unspecified atom stereocenters. The molecule has 0 aliphatic carbocycles. The van der Waals surface area contributed by atoms with Gasteiger partial charge in [-0.25, -0.2) is 18.7 Å². The second-order valence-corrected chi connectivity index (χ2v) is 4.86. The highest BCUT2D eigenvalue weighted by Crippen LogP contribution is 2.27. The van der Waals surface area contributed by atoms with Gasteiger partial charge in [0.15, 0.2) is 0 Å².